The van der Waals surface area contributed by atoms with Crippen LogP contribution in [0.2, 0.25) is 5.02 Å². The number of nitrogens with zero attached hydrogens (tertiary/aromatic N) is 2. The fourth-order valence-corrected chi connectivity index (χ4v) is 1.76. The zero-order valence-electron chi connectivity index (χ0n) is 8.27. The molecule has 2 rings (SSSR count). The number of halogens is 1. The smallest absolute Gasteiger partial charge is 0.224 e. The second-order valence-electron chi connectivity index (χ2n) is 3.23. The molecule has 0 amide bonds. The molecule has 3 N–H and O–H groups in total. The van der Waals surface area contributed by atoms with Gasteiger partial charge in [-0.1, -0.05) is 29.8 Å². The van der Waals surface area contributed by atoms with E-state index in [0.29, 0.717) is 17.3 Å². The van der Waals surface area contributed by atoms with Gasteiger partial charge in [0.2, 0.25) is 10.7 Å². The summed E-state index contributed by atoms with van der Waals surface area (Å²) in [4.78, 5) is 10.7. The minimum atomic E-state index is 0.235. The molecule has 0 atom stereocenters. The number of anilines is 1. The second-order valence-corrected chi connectivity index (χ2v) is 4.00. The van der Waals surface area contributed by atoms with Crippen LogP contribution in [0.3, 0.4) is 0 Å². The maximum Gasteiger partial charge on any atom is 0.224 e. The maximum absolute atomic E-state index is 6.04. The van der Waals surface area contributed by atoms with Gasteiger partial charge in [-0.3, -0.25) is 0 Å². The van der Waals surface area contributed by atoms with Crippen molar-refractivity contribution < 1.29 is 0 Å². The van der Waals surface area contributed by atoms with Crippen LogP contribution in [-0.2, 0) is 6.42 Å². The number of aromatic amines is 1. The standard InChI is InChI=1S/C10H9ClN4S/c11-7-4-2-1-3-6(7)5-8-13-9(12)15-10(16)14-8/h1-4H,5H2,(H3,12,13,14,15,16). The van der Waals surface area contributed by atoms with Gasteiger partial charge in [-0.15, -0.1) is 0 Å². The van der Waals surface area contributed by atoms with Crippen LogP contribution in [0.25, 0.3) is 0 Å². The molecule has 0 saturated heterocycles. The number of rotatable bonds is 2. The van der Waals surface area contributed by atoms with Crippen molar-refractivity contribution in [2.45, 2.75) is 6.42 Å². The highest BCUT2D eigenvalue weighted by Crippen LogP contribution is 2.17. The first-order chi connectivity index (χ1) is 7.65. The number of hydrogen-bond acceptors (Lipinski definition) is 4. The van der Waals surface area contributed by atoms with Crippen LogP contribution < -0.4 is 5.73 Å². The average Bonchev–Trinajstić information content (AvgIpc) is 2.20. The van der Waals surface area contributed by atoms with Crippen molar-refractivity contribution in [2.24, 2.45) is 0 Å². The van der Waals surface area contributed by atoms with Crippen molar-refractivity contribution in [1.82, 2.24) is 15.0 Å². The van der Waals surface area contributed by atoms with E-state index in [1.165, 1.54) is 0 Å². The lowest BCUT2D eigenvalue weighted by atomic mass is 10.1. The summed E-state index contributed by atoms with van der Waals surface area (Å²) in [5.74, 6) is 0.924. The lowest BCUT2D eigenvalue weighted by Gasteiger charge is -2.04. The third-order valence-electron chi connectivity index (χ3n) is 2.03. The molecular weight excluding hydrogens is 244 g/mol. The quantitative estimate of drug-likeness (QED) is 0.806. The zero-order valence-corrected chi connectivity index (χ0v) is 9.85. The van der Waals surface area contributed by atoms with Crippen LogP contribution in [0.4, 0.5) is 5.95 Å². The number of nitrogen functional groups attached to an aromatic ring is 1. The Morgan fingerprint density at radius 2 is 2.06 bits per heavy atom. The Hall–Kier alpha value is -1.46. The van der Waals surface area contributed by atoms with Crippen LogP contribution in [0, 0.1) is 4.77 Å². The molecule has 4 nitrogen and oxygen atoms in total. The largest absolute Gasteiger partial charge is 0.369 e. The van der Waals surface area contributed by atoms with Gasteiger partial charge in [0, 0.05) is 11.4 Å². The van der Waals surface area contributed by atoms with E-state index in [-0.39, 0.29) is 10.7 Å². The first-order valence-electron chi connectivity index (χ1n) is 4.61. The van der Waals surface area contributed by atoms with Crippen LogP contribution in [0.15, 0.2) is 24.3 Å². The molecule has 1 aromatic heterocycles. The number of H-pyrrole nitrogens is 1. The number of nitrogens with one attached hydrogen (secondary N) is 1. The lowest BCUT2D eigenvalue weighted by molar-refractivity contribution is 0.916. The summed E-state index contributed by atoms with van der Waals surface area (Å²) in [5, 5.41) is 0.694. The fraction of sp³-hybridized carbons (Fsp3) is 0.100. The van der Waals surface area contributed by atoms with E-state index in [4.69, 9.17) is 29.6 Å². The van der Waals surface area contributed by atoms with Crippen LogP contribution in [0.1, 0.15) is 11.4 Å². The van der Waals surface area contributed by atoms with Gasteiger partial charge in [0.15, 0.2) is 0 Å². The highest BCUT2D eigenvalue weighted by Gasteiger charge is 2.03. The minimum absolute atomic E-state index is 0.235. The van der Waals surface area contributed by atoms with Crippen molar-refractivity contribution in [3.8, 4) is 0 Å². The molecule has 0 unspecified atom stereocenters. The van der Waals surface area contributed by atoms with Crippen molar-refractivity contribution in [2.75, 3.05) is 5.73 Å². The molecule has 0 aliphatic rings. The normalized spacial score (nSPS) is 10.3. The number of hydrogen-bond donors (Lipinski definition) is 2. The Bertz CT molecular complexity index is 567. The molecule has 2 aromatic rings. The molecule has 0 spiro atoms. The van der Waals surface area contributed by atoms with E-state index in [2.05, 4.69) is 15.0 Å². The third-order valence-corrected chi connectivity index (χ3v) is 2.59. The predicted octanol–water partition coefficient (Wildman–Crippen LogP) is 2.36. The minimum Gasteiger partial charge on any atom is -0.369 e. The van der Waals surface area contributed by atoms with Gasteiger partial charge in [0.1, 0.15) is 5.82 Å². The summed E-state index contributed by atoms with van der Waals surface area (Å²) in [5.41, 5.74) is 6.51. The highest BCUT2D eigenvalue weighted by molar-refractivity contribution is 7.71. The second kappa shape index (κ2) is 4.59. The van der Waals surface area contributed by atoms with E-state index in [1.54, 1.807) is 0 Å². The molecule has 6 heteroatoms. The highest BCUT2D eigenvalue weighted by atomic mass is 35.5. The number of aromatic nitrogens is 3. The van der Waals surface area contributed by atoms with E-state index >= 15 is 0 Å². The molecule has 0 bridgehead atoms. The van der Waals surface area contributed by atoms with E-state index < -0.39 is 0 Å². The van der Waals surface area contributed by atoms with Crippen molar-refractivity contribution >= 4 is 29.8 Å². The summed E-state index contributed by atoms with van der Waals surface area (Å²) >= 11 is 10.9. The molecule has 0 fully saturated rings. The maximum atomic E-state index is 6.04. The van der Waals surface area contributed by atoms with Crippen molar-refractivity contribution in [1.29, 1.82) is 0 Å². The lowest BCUT2D eigenvalue weighted by Crippen LogP contribution is -2.03. The molecular formula is C10H9ClN4S. The van der Waals surface area contributed by atoms with Crippen LogP contribution in [-0.4, -0.2) is 15.0 Å². The molecule has 1 aromatic carbocycles. The SMILES string of the molecule is Nc1nc(=S)nc(Cc2ccccc2Cl)[nH]1. The Balaban J connectivity index is 2.34. The molecule has 1 heterocycles. The Morgan fingerprint density at radius 1 is 1.31 bits per heavy atom. The first-order valence-corrected chi connectivity index (χ1v) is 5.40. The van der Waals surface area contributed by atoms with Gasteiger partial charge in [-0.25, -0.2) is 4.98 Å². The van der Waals surface area contributed by atoms with Gasteiger partial charge in [-0.05, 0) is 23.8 Å². The van der Waals surface area contributed by atoms with Crippen LogP contribution >= 0.6 is 23.8 Å². The number of nitrogens with two attached hydrogens (primary N) is 1. The van der Waals surface area contributed by atoms with Gasteiger partial charge < -0.3 is 10.7 Å². The van der Waals surface area contributed by atoms with Gasteiger partial charge in [0.05, 0.1) is 0 Å². The van der Waals surface area contributed by atoms with E-state index in [0.717, 1.165) is 5.56 Å². The topological polar surface area (TPSA) is 67.6 Å². The van der Waals surface area contributed by atoms with Gasteiger partial charge >= 0.3 is 0 Å². The summed E-state index contributed by atoms with van der Waals surface area (Å²) in [6.45, 7) is 0. The molecule has 82 valence electrons. The number of benzene rings is 1. The summed E-state index contributed by atoms with van der Waals surface area (Å²) < 4.78 is 0.235. The van der Waals surface area contributed by atoms with E-state index in [9.17, 15) is 0 Å². The molecule has 16 heavy (non-hydrogen) atoms. The Labute approximate surface area is 103 Å². The fourth-order valence-electron chi connectivity index (χ4n) is 1.35. The third kappa shape index (κ3) is 2.56. The molecule has 0 radical (unpaired) electrons. The molecule has 0 aliphatic carbocycles. The molecule has 0 saturated carbocycles. The van der Waals surface area contributed by atoms with Crippen LogP contribution in [0.5, 0.6) is 0 Å². The van der Waals surface area contributed by atoms with E-state index in [1.807, 2.05) is 24.3 Å². The predicted molar refractivity (Wildman–Crippen MR) is 65.9 cm³/mol. The monoisotopic (exact) mass is 252 g/mol. The Morgan fingerprint density at radius 3 is 2.75 bits per heavy atom. The van der Waals surface area contributed by atoms with Crippen molar-refractivity contribution in [3.63, 3.8) is 0 Å². The summed E-state index contributed by atoms with van der Waals surface area (Å²) in [6.07, 6.45) is 0.552. The zero-order chi connectivity index (χ0) is 11.5. The first kappa shape index (κ1) is 11.0. The van der Waals surface area contributed by atoms with Crippen molar-refractivity contribution in [3.05, 3.63) is 45.4 Å². The molecule has 0 aliphatic heterocycles. The van der Waals surface area contributed by atoms with Gasteiger partial charge in [-0.2, -0.15) is 4.98 Å². The summed E-state index contributed by atoms with van der Waals surface area (Å²) in [6, 6.07) is 7.55. The average molecular weight is 253 g/mol. The van der Waals surface area contributed by atoms with Gasteiger partial charge in [0.25, 0.3) is 0 Å². The summed E-state index contributed by atoms with van der Waals surface area (Å²) in [7, 11) is 0. The Kier molecular flexibility index (Phi) is 3.17.